The number of rotatable bonds is 4. The fourth-order valence-electron chi connectivity index (χ4n) is 2.84. The smallest absolute Gasteiger partial charge is 0.288 e. The molecular formula is C17H16ClN3O5S. The highest BCUT2D eigenvalue weighted by molar-refractivity contribution is 7.89. The van der Waals surface area contributed by atoms with Crippen molar-refractivity contribution in [2.75, 3.05) is 26.2 Å². The molecular weight excluding hydrogens is 394 g/mol. The summed E-state index contributed by atoms with van der Waals surface area (Å²) in [6, 6.07) is 12.0. The average Bonchev–Trinajstić information content (AvgIpc) is 2.68. The van der Waals surface area contributed by atoms with E-state index in [-0.39, 0.29) is 47.3 Å². The summed E-state index contributed by atoms with van der Waals surface area (Å²) in [5.41, 5.74) is -0.196. The van der Waals surface area contributed by atoms with E-state index in [1.807, 2.05) is 0 Å². The highest BCUT2D eigenvalue weighted by Crippen LogP contribution is 2.26. The largest absolute Gasteiger partial charge is 0.336 e. The van der Waals surface area contributed by atoms with Crippen LogP contribution in [-0.2, 0) is 10.0 Å². The van der Waals surface area contributed by atoms with Crippen molar-refractivity contribution in [3.05, 3.63) is 69.2 Å². The molecule has 0 unspecified atom stereocenters. The lowest BCUT2D eigenvalue weighted by Gasteiger charge is -2.34. The molecule has 1 fully saturated rings. The normalized spacial score (nSPS) is 15.5. The van der Waals surface area contributed by atoms with E-state index in [0.717, 1.165) is 6.07 Å². The maximum Gasteiger partial charge on any atom is 0.288 e. The molecule has 3 rings (SSSR count). The molecule has 0 aliphatic carbocycles. The molecule has 0 spiro atoms. The lowest BCUT2D eigenvalue weighted by atomic mass is 10.1. The van der Waals surface area contributed by atoms with Gasteiger partial charge in [-0.3, -0.25) is 14.9 Å². The number of nitro benzene ring substituents is 1. The van der Waals surface area contributed by atoms with E-state index in [1.165, 1.54) is 33.5 Å². The zero-order chi connectivity index (χ0) is 19.6. The standard InChI is InChI=1S/C17H16ClN3O5S/c18-15-7-6-13(12-16(15)21(23)24)17(22)19-8-10-20(11-9-19)27(25,26)14-4-2-1-3-5-14/h1-7,12H,8-11H2. The topological polar surface area (TPSA) is 101 Å². The molecule has 1 aliphatic heterocycles. The third kappa shape index (κ3) is 3.95. The van der Waals surface area contributed by atoms with Crippen molar-refractivity contribution in [1.29, 1.82) is 0 Å². The number of halogens is 1. The predicted octanol–water partition coefficient (Wildman–Crippen LogP) is 2.39. The van der Waals surface area contributed by atoms with Gasteiger partial charge in [-0.2, -0.15) is 4.31 Å². The maximum atomic E-state index is 12.6. The number of piperazine rings is 1. The minimum atomic E-state index is -3.61. The van der Waals surface area contributed by atoms with Gasteiger partial charge in [-0.05, 0) is 24.3 Å². The van der Waals surface area contributed by atoms with Gasteiger partial charge in [0.1, 0.15) is 5.02 Å². The number of benzene rings is 2. The molecule has 1 saturated heterocycles. The van der Waals surface area contributed by atoms with Crippen LogP contribution in [0.15, 0.2) is 53.4 Å². The summed E-state index contributed by atoms with van der Waals surface area (Å²) in [5.74, 6) is -0.397. The van der Waals surface area contributed by atoms with Crippen LogP contribution in [0.5, 0.6) is 0 Å². The Balaban J connectivity index is 1.72. The maximum absolute atomic E-state index is 12.6. The summed E-state index contributed by atoms with van der Waals surface area (Å²) in [4.78, 5) is 24.6. The molecule has 1 aliphatic rings. The molecule has 0 aromatic heterocycles. The van der Waals surface area contributed by atoms with Crippen LogP contribution in [0.1, 0.15) is 10.4 Å². The first kappa shape index (κ1) is 19.3. The van der Waals surface area contributed by atoms with Gasteiger partial charge in [0.05, 0.1) is 9.82 Å². The number of hydrogen-bond donors (Lipinski definition) is 0. The van der Waals surface area contributed by atoms with Crippen molar-refractivity contribution in [1.82, 2.24) is 9.21 Å². The van der Waals surface area contributed by atoms with E-state index in [2.05, 4.69) is 0 Å². The van der Waals surface area contributed by atoms with Gasteiger partial charge in [0, 0.05) is 37.8 Å². The SMILES string of the molecule is O=C(c1ccc(Cl)c([N+](=O)[O-])c1)N1CCN(S(=O)(=O)c2ccccc2)CC1. The second kappa shape index (κ2) is 7.63. The number of carbonyl (C=O) groups is 1. The average molecular weight is 410 g/mol. The van der Waals surface area contributed by atoms with Crippen LogP contribution in [0, 0.1) is 10.1 Å². The molecule has 1 heterocycles. The van der Waals surface area contributed by atoms with Crippen LogP contribution >= 0.6 is 11.6 Å². The number of carbonyl (C=O) groups excluding carboxylic acids is 1. The van der Waals surface area contributed by atoms with Gasteiger partial charge in [0.2, 0.25) is 10.0 Å². The zero-order valence-electron chi connectivity index (χ0n) is 14.1. The molecule has 0 N–H and O–H groups in total. The lowest BCUT2D eigenvalue weighted by molar-refractivity contribution is -0.384. The third-order valence-corrected chi connectivity index (χ3v) is 6.53. The highest BCUT2D eigenvalue weighted by Gasteiger charge is 2.30. The summed E-state index contributed by atoms with van der Waals surface area (Å²) >= 11 is 5.77. The van der Waals surface area contributed by atoms with Gasteiger partial charge in [0.15, 0.2) is 0 Å². The molecule has 0 atom stereocenters. The third-order valence-electron chi connectivity index (χ3n) is 4.30. The molecule has 2 aromatic rings. The van der Waals surface area contributed by atoms with E-state index < -0.39 is 20.9 Å². The van der Waals surface area contributed by atoms with Gasteiger partial charge in [-0.15, -0.1) is 0 Å². The minimum absolute atomic E-state index is 0.0460. The second-order valence-electron chi connectivity index (χ2n) is 5.93. The predicted molar refractivity (Wildman–Crippen MR) is 99.2 cm³/mol. The molecule has 0 bridgehead atoms. The van der Waals surface area contributed by atoms with E-state index >= 15 is 0 Å². The van der Waals surface area contributed by atoms with Crippen LogP contribution in [0.2, 0.25) is 5.02 Å². The van der Waals surface area contributed by atoms with Gasteiger partial charge in [0.25, 0.3) is 11.6 Å². The van der Waals surface area contributed by atoms with Crippen LogP contribution in [0.4, 0.5) is 5.69 Å². The molecule has 1 amide bonds. The Morgan fingerprint density at radius 1 is 1.04 bits per heavy atom. The summed E-state index contributed by atoms with van der Waals surface area (Å²) in [6.07, 6.45) is 0. The monoisotopic (exact) mass is 409 g/mol. The molecule has 10 heteroatoms. The van der Waals surface area contributed by atoms with E-state index in [1.54, 1.807) is 18.2 Å². The number of sulfonamides is 1. The first-order valence-electron chi connectivity index (χ1n) is 8.09. The van der Waals surface area contributed by atoms with Crippen LogP contribution < -0.4 is 0 Å². The van der Waals surface area contributed by atoms with Gasteiger partial charge in [-0.25, -0.2) is 8.42 Å². The Kier molecular flexibility index (Phi) is 5.45. The van der Waals surface area contributed by atoms with E-state index in [0.29, 0.717) is 0 Å². The first-order chi connectivity index (χ1) is 12.8. The van der Waals surface area contributed by atoms with Crippen LogP contribution in [0.3, 0.4) is 0 Å². The summed E-state index contributed by atoms with van der Waals surface area (Å²) in [5, 5.41) is 10.9. The van der Waals surface area contributed by atoms with Crippen molar-refractivity contribution in [2.45, 2.75) is 4.90 Å². The zero-order valence-corrected chi connectivity index (χ0v) is 15.7. The van der Waals surface area contributed by atoms with Gasteiger partial charge < -0.3 is 4.90 Å². The molecule has 0 saturated carbocycles. The molecule has 142 valence electrons. The van der Waals surface area contributed by atoms with Crippen LogP contribution in [-0.4, -0.2) is 54.6 Å². The van der Waals surface area contributed by atoms with Gasteiger partial charge in [-0.1, -0.05) is 29.8 Å². The number of nitrogens with zero attached hydrogens (tertiary/aromatic N) is 3. The van der Waals surface area contributed by atoms with Crippen molar-refractivity contribution < 1.29 is 18.1 Å². The highest BCUT2D eigenvalue weighted by atomic mass is 35.5. The van der Waals surface area contributed by atoms with Crippen molar-refractivity contribution in [3.8, 4) is 0 Å². The first-order valence-corrected chi connectivity index (χ1v) is 9.91. The molecule has 2 aromatic carbocycles. The quantitative estimate of drug-likeness (QED) is 0.570. The summed E-state index contributed by atoms with van der Waals surface area (Å²) in [7, 11) is -3.61. The second-order valence-corrected chi connectivity index (χ2v) is 8.28. The number of hydrogen-bond acceptors (Lipinski definition) is 5. The fraction of sp³-hybridized carbons (Fsp3) is 0.235. The Labute approximate surface area is 161 Å². The Bertz CT molecular complexity index is 973. The Morgan fingerprint density at radius 2 is 1.67 bits per heavy atom. The number of nitro groups is 1. The summed E-state index contributed by atoms with van der Waals surface area (Å²) in [6.45, 7) is 0.694. The van der Waals surface area contributed by atoms with E-state index in [4.69, 9.17) is 11.6 Å². The van der Waals surface area contributed by atoms with E-state index in [9.17, 15) is 23.3 Å². The molecule has 27 heavy (non-hydrogen) atoms. The lowest BCUT2D eigenvalue weighted by Crippen LogP contribution is -2.50. The molecule has 0 radical (unpaired) electrons. The van der Waals surface area contributed by atoms with Crippen LogP contribution in [0.25, 0.3) is 0 Å². The summed E-state index contributed by atoms with van der Waals surface area (Å²) < 4.78 is 26.6. The fourth-order valence-corrected chi connectivity index (χ4v) is 4.47. The van der Waals surface area contributed by atoms with Crippen molar-refractivity contribution in [2.24, 2.45) is 0 Å². The van der Waals surface area contributed by atoms with Crippen molar-refractivity contribution in [3.63, 3.8) is 0 Å². The minimum Gasteiger partial charge on any atom is -0.336 e. The van der Waals surface area contributed by atoms with Gasteiger partial charge >= 0.3 is 0 Å². The number of amides is 1. The molecule has 8 nitrogen and oxygen atoms in total. The Morgan fingerprint density at radius 3 is 2.26 bits per heavy atom. The Hall–Kier alpha value is -2.49. The van der Waals surface area contributed by atoms with Crippen molar-refractivity contribution >= 4 is 33.2 Å².